The van der Waals surface area contributed by atoms with Gasteiger partial charge >= 0.3 is 0 Å². The molecular weight excluding hydrogens is 228 g/mol. The van der Waals surface area contributed by atoms with Gasteiger partial charge in [-0.1, -0.05) is 26.0 Å². The summed E-state index contributed by atoms with van der Waals surface area (Å²) < 4.78 is 16.6. The number of rotatable bonds is 8. The lowest BCUT2D eigenvalue weighted by Gasteiger charge is -2.16. The molecule has 3 nitrogen and oxygen atoms in total. The van der Waals surface area contributed by atoms with E-state index < -0.39 is 0 Å². The molecule has 2 atom stereocenters. The summed E-state index contributed by atoms with van der Waals surface area (Å²) in [6.07, 6.45) is 2.49. The van der Waals surface area contributed by atoms with Gasteiger partial charge in [0.2, 0.25) is 0 Å². The van der Waals surface area contributed by atoms with E-state index in [1.54, 1.807) is 0 Å². The molecule has 1 aliphatic rings. The summed E-state index contributed by atoms with van der Waals surface area (Å²) in [5.74, 6) is 0.914. The van der Waals surface area contributed by atoms with E-state index in [1.165, 1.54) is 5.56 Å². The van der Waals surface area contributed by atoms with Crippen molar-refractivity contribution in [1.82, 2.24) is 0 Å². The van der Waals surface area contributed by atoms with Crippen molar-refractivity contribution in [2.75, 3.05) is 19.8 Å². The lowest BCUT2D eigenvalue weighted by atomic mass is 10.2. The normalized spacial score (nSPS) is 19.6. The van der Waals surface area contributed by atoms with Crippen molar-refractivity contribution in [3.05, 3.63) is 29.8 Å². The first kappa shape index (κ1) is 13.4. The molecule has 0 N–H and O–H groups in total. The van der Waals surface area contributed by atoms with Crippen LogP contribution in [0.25, 0.3) is 0 Å². The molecule has 1 heterocycles. The number of ether oxygens (including phenoxy) is 3. The molecule has 1 aromatic carbocycles. The van der Waals surface area contributed by atoms with Gasteiger partial charge in [-0.2, -0.15) is 0 Å². The number of benzene rings is 1. The van der Waals surface area contributed by atoms with Crippen LogP contribution in [0, 0.1) is 0 Å². The maximum absolute atomic E-state index is 5.75. The monoisotopic (exact) mass is 250 g/mol. The van der Waals surface area contributed by atoms with Crippen molar-refractivity contribution in [3.8, 4) is 5.75 Å². The van der Waals surface area contributed by atoms with Crippen LogP contribution >= 0.6 is 0 Å². The Morgan fingerprint density at radius 1 is 1.28 bits per heavy atom. The Morgan fingerprint density at radius 2 is 2.00 bits per heavy atom. The molecule has 1 aromatic rings. The summed E-state index contributed by atoms with van der Waals surface area (Å²) in [5.41, 5.74) is 1.33. The highest BCUT2D eigenvalue weighted by atomic mass is 16.6. The third-order valence-electron chi connectivity index (χ3n) is 3.14. The predicted octanol–water partition coefficient (Wildman–Crippen LogP) is 2.82. The van der Waals surface area contributed by atoms with Gasteiger partial charge in [-0.05, 0) is 30.5 Å². The van der Waals surface area contributed by atoms with Gasteiger partial charge in [0.25, 0.3) is 0 Å². The Labute approximate surface area is 109 Å². The van der Waals surface area contributed by atoms with Crippen molar-refractivity contribution in [3.63, 3.8) is 0 Å². The summed E-state index contributed by atoms with van der Waals surface area (Å²) in [4.78, 5) is 0. The first-order valence-electron chi connectivity index (χ1n) is 6.76. The molecule has 3 heteroatoms. The van der Waals surface area contributed by atoms with Gasteiger partial charge in [0.05, 0.1) is 19.3 Å². The molecule has 0 aliphatic carbocycles. The van der Waals surface area contributed by atoms with E-state index in [0.29, 0.717) is 19.3 Å². The first-order chi connectivity index (χ1) is 8.81. The second kappa shape index (κ2) is 6.76. The van der Waals surface area contributed by atoms with Crippen molar-refractivity contribution in [2.24, 2.45) is 0 Å². The zero-order chi connectivity index (χ0) is 12.8. The zero-order valence-electron chi connectivity index (χ0n) is 11.2. The van der Waals surface area contributed by atoms with Crippen molar-refractivity contribution in [1.29, 1.82) is 0 Å². The SMILES string of the molecule is CCc1ccc(OCC(CC)OCC2CO2)cc1. The maximum Gasteiger partial charge on any atom is 0.119 e. The summed E-state index contributed by atoms with van der Waals surface area (Å²) in [6.45, 7) is 6.40. The van der Waals surface area contributed by atoms with E-state index >= 15 is 0 Å². The fourth-order valence-electron chi connectivity index (χ4n) is 1.70. The van der Waals surface area contributed by atoms with Crippen LogP contribution < -0.4 is 4.74 Å². The fraction of sp³-hybridized carbons (Fsp3) is 0.600. The Balaban J connectivity index is 1.73. The minimum absolute atomic E-state index is 0.153. The topological polar surface area (TPSA) is 31.0 Å². The fourth-order valence-corrected chi connectivity index (χ4v) is 1.70. The van der Waals surface area contributed by atoms with Crippen LogP contribution in [-0.4, -0.2) is 32.0 Å². The average Bonchev–Trinajstić information content (AvgIpc) is 3.24. The van der Waals surface area contributed by atoms with Crippen molar-refractivity contribution < 1.29 is 14.2 Å². The maximum atomic E-state index is 5.75. The summed E-state index contributed by atoms with van der Waals surface area (Å²) >= 11 is 0. The van der Waals surface area contributed by atoms with Crippen LogP contribution in [0.1, 0.15) is 25.8 Å². The number of hydrogen-bond donors (Lipinski definition) is 0. The quantitative estimate of drug-likeness (QED) is 0.665. The summed E-state index contributed by atoms with van der Waals surface area (Å²) in [5, 5.41) is 0. The van der Waals surface area contributed by atoms with Gasteiger partial charge in [0.1, 0.15) is 18.5 Å². The molecule has 1 saturated heterocycles. The number of epoxide rings is 1. The van der Waals surface area contributed by atoms with Crippen LogP contribution in [0.3, 0.4) is 0 Å². The van der Waals surface area contributed by atoms with Crippen molar-refractivity contribution >= 4 is 0 Å². The van der Waals surface area contributed by atoms with Gasteiger partial charge in [0.15, 0.2) is 0 Å². The second-order valence-electron chi connectivity index (χ2n) is 4.63. The van der Waals surface area contributed by atoms with E-state index in [4.69, 9.17) is 14.2 Å². The number of hydrogen-bond acceptors (Lipinski definition) is 3. The molecule has 1 fully saturated rings. The van der Waals surface area contributed by atoms with Crippen LogP contribution in [-0.2, 0) is 15.9 Å². The van der Waals surface area contributed by atoms with Gasteiger partial charge in [-0.25, -0.2) is 0 Å². The van der Waals surface area contributed by atoms with Crippen LogP contribution in [0.15, 0.2) is 24.3 Å². The van der Waals surface area contributed by atoms with Crippen LogP contribution in [0.2, 0.25) is 0 Å². The van der Waals surface area contributed by atoms with E-state index in [0.717, 1.165) is 25.2 Å². The van der Waals surface area contributed by atoms with E-state index in [-0.39, 0.29) is 6.10 Å². The van der Waals surface area contributed by atoms with Crippen LogP contribution in [0.5, 0.6) is 5.75 Å². The third kappa shape index (κ3) is 4.31. The van der Waals surface area contributed by atoms with Gasteiger partial charge in [0, 0.05) is 0 Å². The Bertz CT molecular complexity index is 343. The number of aryl methyl sites for hydroxylation is 1. The largest absolute Gasteiger partial charge is 0.491 e. The molecular formula is C15H22O3. The van der Waals surface area contributed by atoms with Crippen molar-refractivity contribution in [2.45, 2.75) is 38.9 Å². The molecule has 2 rings (SSSR count). The summed E-state index contributed by atoms with van der Waals surface area (Å²) in [7, 11) is 0. The molecule has 18 heavy (non-hydrogen) atoms. The molecule has 0 amide bonds. The lowest BCUT2D eigenvalue weighted by molar-refractivity contribution is 0.0107. The molecule has 2 unspecified atom stereocenters. The molecule has 0 saturated carbocycles. The van der Waals surface area contributed by atoms with Crippen LogP contribution in [0.4, 0.5) is 0 Å². The second-order valence-corrected chi connectivity index (χ2v) is 4.63. The van der Waals surface area contributed by atoms with Gasteiger partial charge in [-0.3, -0.25) is 0 Å². The average molecular weight is 250 g/mol. The minimum Gasteiger partial charge on any atom is -0.491 e. The highest BCUT2D eigenvalue weighted by Gasteiger charge is 2.24. The highest BCUT2D eigenvalue weighted by Crippen LogP contribution is 2.15. The minimum atomic E-state index is 0.153. The predicted molar refractivity (Wildman–Crippen MR) is 71.1 cm³/mol. The standard InChI is InChI=1S/C15H22O3/c1-3-12-5-7-14(8-6-12)17-9-13(4-2)16-10-15-11-18-15/h5-8,13,15H,3-4,9-11H2,1-2H3. The first-order valence-corrected chi connectivity index (χ1v) is 6.76. The van der Waals surface area contributed by atoms with E-state index in [9.17, 15) is 0 Å². The van der Waals surface area contributed by atoms with E-state index in [1.807, 2.05) is 12.1 Å². The van der Waals surface area contributed by atoms with Gasteiger partial charge < -0.3 is 14.2 Å². The molecule has 1 aliphatic heterocycles. The Kier molecular flexibility index (Phi) is 5.02. The van der Waals surface area contributed by atoms with Gasteiger partial charge in [-0.15, -0.1) is 0 Å². The lowest BCUT2D eigenvalue weighted by Crippen LogP contribution is -2.23. The zero-order valence-corrected chi connectivity index (χ0v) is 11.2. The molecule has 0 bridgehead atoms. The molecule has 0 radical (unpaired) electrons. The molecule has 100 valence electrons. The Morgan fingerprint density at radius 3 is 2.56 bits per heavy atom. The molecule has 0 aromatic heterocycles. The third-order valence-corrected chi connectivity index (χ3v) is 3.14. The van der Waals surface area contributed by atoms with E-state index in [2.05, 4.69) is 26.0 Å². The smallest absolute Gasteiger partial charge is 0.119 e. The highest BCUT2D eigenvalue weighted by molar-refractivity contribution is 5.27. The molecule has 0 spiro atoms. The summed E-state index contributed by atoms with van der Waals surface area (Å²) in [6, 6.07) is 8.26. The Hall–Kier alpha value is -1.06.